The molecule has 0 saturated heterocycles. The topological polar surface area (TPSA) is 94.6 Å². The van der Waals surface area contributed by atoms with Gasteiger partial charge in [-0.1, -0.05) is 38.1 Å². The van der Waals surface area contributed by atoms with Crippen LogP contribution in [0.25, 0.3) is 21.8 Å². The zero-order chi connectivity index (χ0) is 23.0. The van der Waals surface area contributed by atoms with Gasteiger partial charge in [0.2, 0.25) is 5.91 Å². The summed E-state index contributed by atoms with van der Waals surface area (Å²) in [5.41, 5.74) is 8.76. The van der Waals surface area contributed by atoms with Gasteiger partial charge in [-0.25, -0.2) is 9.18 Å². The lowest BCUT2D eigenvalue weighted by atomic mass is 9.99. The molecule has 0 radical (unpaired) electrons. The van der Waals surface area contributed by atoms with E-state index in [0.717, 1.165) is 5.56 Å². The highest BCUT2D eigenvalue weighted by Crippen LogP contribution is 2.40. The maximum absolute atomic E-state index is 14.5. The van der Waals surface area contributed by atoms with Gasteiger partial charge >= 0.3 is 5.97 Å². The predicted octanol–water partition coefficient (Wildman–Crippen LogP) is 4.67. The lowest BCUT2D eigenvalue weighted by Crippen LogP contribution is -2.12. The number of aliphatic carboxylic acids is 1. The SMILES string of the molecule is CC(C)c1cc(OCC(=O)O)c2c3c(C(N)=O)cccc3n(Cc3ccccc3F)c2c1. The molecule has 0 spiro atoms. The van der Waals surface area contributed by atoms with Crippen molar-refractivity contribution in [2.24, 2.45) is 5.73 Å². The minimum Gasteiger partial charge on any atom is -0.481 e. The molecule has 32 heavy (non-hydrogen) atoms. The molecule has 0 bridgehead atoms. The summed E-state index contributed by atoms with van der Waals surface area (Å²) in [7, 11) is 0. The molecule has 1 amide bonds. The monoisotopic (exact) mass is 434 g/mol. The number of rotatable bonds is 7. The first kappa shape index (κ1) is 21.4. The standard InChI is InChI=1S/C25H23FN2O4/c1-14(2)16-10-20-24(21(11-16)32-13-22(29)30)23-17(25(27)31)7-5-9-19(23)28(20)12-15-6-3-4-8-18(15)26/h3-11,14H,12-13H2,1-2H3,(H2,27,31)(H,29,30). The molecule has 3 aromatic carbocycles. The zero-order valence-electron chi connectivity index (χ0n) is 17.8. The summed E-state index contributed by atoms with van der Waals surface area (Å²) in [6, 6.07) is 15.4. The van der Waals surface area contributed by atoms with Crippen LogP contribution < -0.4 is 10.5 Å². The van der Waals surface area contributed by atoms with Crippen LogP contribution in [0.15, 0.2) is 54.6 Å². The summed E-state index contributed by atoms with van der Waals surface area (Å²) >= 11 is 0. The van der Waals surface area contributed by atoms with Crippen molar-refractivity contribution in [1.82, 2.24) is 4.57 Å². The van der Waals surface area contributed by atoms with E-state index in [1.807, 2.05) is 30.5 Å². The number of hydrogen-bond donors (Lipinski definition) is 2. The van der Waals surface area contributed by atoms with Crippen LogP contribution in [-0.4, -0.2) is 28.2 Å². The Morgan fingerprint density at radius 1 is 1.06 bits per heavy atom. The number of carboxylic acids is 1. The smallest absolute Gasteiger partial charge is 0.341 e. The highest BCUT2D eigenvalue weighted by molar-refractivity contribution is 6.20. The number of carbonyl (C=O) groups is 2. The predicted molar refractivity (Wildman–Crippen MR) is 121 cm³/mol. The average molecular weight is 434 g/mol. The lowest BCUT2D eigenvalue weighted by Gasteiger charge is -2.13. The molecular weight excluding hydrogens is 411 g/mol. The maximum Gasteiger partial charge on any atom is 0.341 e. The fourth-order valence-electron chi connectivity index (χ4n) is 4.00. The van der Waals surface area contributed by atoms with Gasteiger partial charge in [-0.2, -0.15) is 0 Å². The number of aromatic nitrogens is 1. The van der Waals surface area contributed by atoms with Gasteiger partial charge in [0, 0.05) is 16.5 Å². The third-order valence-corrected chi connectivity index (χ3v) is 5.55. The number of fused-ring (bicyclic) bond motifs is 3. The number of halogens is 1. The number of primary amides is 1. The molecule has 0 aliphatic heterocycles. The second-order valence-corrected chi connectivity index (χ2v) is 7.99. The number of nitrogens with two attached hydrogens (primary N) is 1. The van der Waals surface area contributed by atoms with E-state index in [4.69, 9.17) is 15.6 Å². The summed E-state index contributed by atoms with van der Waals surface area (Å²) in [6.07, 6.45) is 0. The Morgan fingerprint density at radius 3 is 2.47 bits per heavy atom. The van der Waals surface area contributed by atoms with Crippen LogP contribution in [0.5, 0.6) is 5.75 Å². The Morgan fingerprint density at radius 2 is 1.81 bits per heavy atom. The van der Waals surface area contributed by atoms with Crippen LogP contribution in [0.2, 0.25) is 0 Å². The van der Waals surface area contributed by atoms with Gasteiger partial charge < -0.3 is 20.1 Å². The van der Waals surface area contributed by atoms with E-state index < -0.39 is 18.5 Å². The van der Waals surface area contributed by atoms with Crippen LogP contribution in [-0.2, 0) is 11.3 Å². The first-order chi connectivity index (χ1) is 15.3. The van der Waals surface area contributed by atoms with Gasteiger partial charge in [0.15, 0.2) is 6.61 Å². The average Bonchev–Trinajstić information content (AvgIpc) is 3.07. The highest BCUT2D eigenvalue weighted by Gasteiger charge is 2.22. The summed E-state index contributed by atoms with van der Waals surface area (Å²) in [5.74, 6) is -1.59. The van der Waals surface area contributed by atoms with Gasteiger partial charge in [-0.3, -0.25) is 4.79 Å². The zero-order valence-corrected chi connectivity index (χ0v) is 17.8. The van der Waals surface area contributed by atoms with E-state index >= 15 is 0 Å². The van der Waals surface area contributed by atoms with E-state index in [1.54, 1.807) is 36.4 Å². The van der Waals surface area contributed by atoms with Gasteiger partial charge in [0.25, 0.3) is 0 Å². The van der Waals surface area contributed by atoms with Crippen molar-refractivity contribution >= 4 is 33.7 Å². The van der Waals surface area contributed by atoms with Crippen molar-refractivity contribution in [2.75, 3.05) is 6.61 Å². The second-order valence-electron chi connectivity index (χ2n) is 7.99. The van der Waals surface area contributed by atoms with E-state index in [2.05, 4.69) is 0 Å². The summed E-state index contributed by atoms with van der Waals surface area (Å²) in [6.45, 7) is 3.71. The minimum absolute atomic E-state index is 0.127. The summed E-state index contributed by atoms with van der Waals surface area (Å²) in [5, 5.41) is 10.3. The van der Waals surface area contributed by atoms with Gasteiger partial charge in [-0.15, -0.1) is 0 Å². The Labute approximate surface area is 184 Å². The Bertz CT molecular complexity index is 1360. The fraction of sp³-hybridized carbons (Fsp3) is 0.200. The van der Waals surface area contributed by atoms with Crippen LogP contribution in [0, 0.1) is 5.82 Å². The molecule has 7 heteroatoms. The van der Waals surface area contributed by atoms with E-state index in [-0.39, 0.29) is 23.8 Å². The fourth-order valence-corrected chi connectivity index (χ4v) is 4.00. The number of nitrogens with zero attached hydrogens (tertiary/aromatic N) is 1. The number of ether oxygens (including phenoxy) is 1. The molecule has 1 aromatic heterocycles. The Balaban J connectivity index is 2.11. The lowest BCUT2D eigenvalue weighted by molar-refractivity contribution is -0.139. The molecule has 164 valence electrons. The van der Waals surface area contributed by atoms with Crippen LogP contribution >= 0.6 is 0 Å². The van der Waals surface area contributed by atoms with Crippen molar-refractivity contribution in [2.45, 2.75) is 26.3 Å². The Hall–Kier alpha value is -3.87. The molecule has 0 unspecified atom stereocenters. The molecule has 4 aromatic rings. The molecule has 0 aliphatic carbocycles. The van der Waals surface area contributed by atoms with Gasteiger partial charge in [-0.05, 0) is 41.8 Å². The molecule has 3 N–H and O–H groups in total. The summed E-state index contributed by atoms with van der Waals surface area (Å²) < 4.78 is 22.1. The van der Waals surface area contributed by atoms with Crippen LogP contribution in [0.4, 0.5) is 4.39 Å². The molecule has 0 fully saturated rings. The summed E-state index contributed by atoms with van der Waals surface area (Å²) in [4.78, 5) is 23.5. The number of carboxylic acid groups (broad SMARTS) is 1. The first-order valence-corrected chi connectivity index (χ1v) is 10.2. The number of benzene rings is 3. The van der Waals surface area contributed by atoms with E-state index in [9.17, 15) is 14.0 Å². The van der Waals surface area contributed by atoms with Crippen molar-refractivity contribution in [3.8, 4) is 5.75 Å². The molecule has 4 rings (SSSR count). The quantitative estimate of drug-likeness (QED) is 0.442. The van der Waals surface area contributed by atoms with Crippen molar-refractivity contribution in [3.63, 3.8) is 0 Å². The molecule has 0 aliphatic rings. The number of amides is 1. The second kappa shape index (κ2) is 8.34. The molecule has 0 atom stereocenters. The third kappa shape index (κ3) is 3.77. The molecule has 6 nitrogen and oxygen atoms in total. The van der Waals surface area contributed by atoms with Crippen LogP contribution in [0.1, 0.15) is 41.3 Å². The molecule has 1 heterocycles. The van der Waals surface area contributed by atoms with Crippen molar-refractivity contribution in [1.29, 1.82) is 0 Å². The van der Waals surface area contributed by atoms with Crippen molar-refractivity contribution < 1.29 is 23.8 Å². The van der Waals surface area contributed by atoms with Gasteiger partial charge in [0.05, 0.1) is 23.0 Å². The molecular formula is C25H23FN2O4. The van der Waals surface area contributed by atoms with E-state index in [1.165, 1.54) is 6.07 Å². The number of hydrogen-bond acceptors (Lipinski definition) is 3. The number of carbonyl (C=O) groups excluding carboxylic acids is 1. The maximum atomic E-state index is 14.5. The first-order valence-electron chi connectivity index (χ1n) is 10.2. The van der Waals surface area contributed by atoms with E-state index in [0.29, 0.717) is 33.1 Å². The largest absolute Gasteiger partial charge is 0.481 e. The normalized spacial score (nSPS) is 11.4. The van der Waals surface area contributed by atoms with Crippen molar-refractivity contribution in [3.05, 3.63) is 77.1 Å². The minimum atomic E-state index is -1.11. The van der Waals surface area contributed by atoms with Crippen LogP contribution in [0.3, 0.4) is 0 Å². The highest BCUT2D eigenvalue weighted by atomic mass is 19.1. The Kier molecular flexibility index (Phi) is 5.57. The van der Waals surface area contributed by atoms with Gasteiger partial charge in [0.1, 0.15) is 11.6 Å². The third-order valence-electron chi connectivity index (χ3n) is 5.55. The molecule has 0 saturated carbocycles.